The van der Waals surface area contributed by atoms with E-state index in [2.05, 4.69) is 8.37 Å². The van der Waals surface area contributed by atoms with E-state index < -0.39 is 20.8 Å². The third-order valence-electron chi connectivity index (χ3n) is 3.70. The highest BCUT2D eigenvalue weighted by Gasteiger charge is 2.23. The zero-order chi connectivity index (χ0) is 18.9. The Kier molecular flexibility index (Phi) is 4.80. The average Bonchev–Trinajstić information content (AvgIpc) is 2.52. The molecular weight excluding hydrogens is 388 g/mol. The van der Waals surface area contributed by atoms with Gasteiger partial charge >= 0.3 is 20.8 Å². The largest absolute Gasteiger partial charge is 0.493 e. The fraction of sp³-hybridized carbons (Fsp3) is 0.200. The van der Waals surface area contributed by atoms with Crippen LogP contribution in [-0.4, -0.2) is 32.5 Å². The van der Waals surface area contributed by atoms with E-state index in [1.54, 1.807) is 18.2 Å². The molecule has 2 aromatic carbocycles. The van der Waals surface area contributed by atoms with Gasteiger partial charge in [-0.25, -0.2) is 0 Å². The van der Waals surface area contributed by atoms with Crippen LogP contribution in [0, 0.1) is 0 Å². The van der Waals surface area contributed by atoms with E-state index in [-0.39, 0.29) is 17.4 Å². The molecule has 0 fully saturated rings. The Balaban J connectivity index is 1.74. The van der Waals surface area contributed by atoms with Crippen LogP contribution in [-0.2, 0) is 27.2 Å². The zero-order valence-electron chi connectivity index (χ0n) is 13.1. The minimum atomic E-state index is -4.60. The van der Waals surface area contributed by atoms with Crippen molar-refractivity contribution in [2.24, 2.45) is 0 Å². The molecule has 3 rings (SSSR count). The minimum absolute atomic E-state index is 0.0135. The van der Waals surface area contributed by atoms with Gasteiger partial charge in [0, 0.05) is 12.0 Å². The fourth-order valence-corrected chi connectivity index (χ4v) is 3.36. The van der Waals surface area contributed by atoms with Crippen LogP contribution in [0.4, 0.5) is 0 Å². The summed E-state index contributed by atoms with van der Waals surface area (Å²) in [6.45, 7) is 0.306. The molecule has 2 N–H and O–H groups in total. The van der Waals surface area contributed by atoms with E-state index in [0.717, 1.165) is 11.1 Å². The van der Waals surface area contributed by atoms with E-state index in [0.29, 0.717) is 18.8 Å². The van der Waals surface area contributed by atoms with Crippen LogP contribution in [0.15, 0.2) is 42.5 Å². The fourth-order valence-electron chi connectivity index (χ4n) is 2.66. The second-order valence-corrected chi connectivity index (χ2v) is 7.62. The first kappa shape index (κ1) is 18.5. The standard InChI is InChI=1S/C15H14O9S2/c16-25(17,18)23-13-4-1-10(2-5-13)12-7-11-3-6-14(24-26(19,20)21)8-15(11)22-9-12/h1-6,8,12H,7,9H2,(H,16,17,18)(H,19,20,21). The van der Waals surface area contributed by atoms with Crippen molar-refractivity contribution in [3.63, 3.8) is 0 Å². The van der Waals surface area contributed by atoms with Gasteiger partial charge in [0.1, 0.15) is 17.2 Å². The van der Waals surface area contributed by atoms with E-state index in [9.17, 15) is 16.8 Å². The van der Waals surface area contributed by atoms with Gasteiger partial charge in [-0.15, -0.1) is 0 Å². The highest BCUT2D eigenvalue weighted by Crippen LogP contribution is 2.35. The van der Waals surface area contributed by atoms with E-state index in [1.165, 1.54) is 24.3 Å². The highest BCUT2D eigenvalue weighted by molar-refractivity contribution is 7.81. The zero-order valence-corrected chi connectivity index (χ0v) is 14.7. The molecule has 1 atom stereocenters. The normalized spacial score (nSPS) is 17.1. The Bertz CT molecular complexity index is 1010. The molecule has 1 heterocycles. The quantitative estimate of drug-likeness (QED) is 0.717. The van der Waals surface area contributed by atoms with E-state index in [1.807, 2.05) is 0 Å². The molecule has 0 amide bonds. The van der Waals surface area contributed by atoms with Crippen molar-refractivity contribution in [3.05, 3.63) is 53.6 Å². The molecule has 0 saturated carbocycles. The highest BCUT2D eigenvalue weighted by atomic mass is 32.3. The predicted octanol–water partition coefficient (Wildman–Crippen LogP) is 1.77. The van der Waals surface area contributed by atoms with Gasteiger partial charge in [0.15, 0.2) is 0 Å². The number of ether oxygens (including phenoxy) is 1. The number of fused-ring (bicyclic) bond motifs is 1. The first-order valence-electron chi connectivity index (χ1n) is 7.28. The van der Waals surface area contributed by atoms with Crippen LogP contribution in [0.3, 0.4) is 0 Å². The van der Waals surface area contributed by atoms with Gasteiger partial charge < -0.3 is 13.1 Å². The molecule has 0 radical (unpaired) electrons. The number of hydrogen-bond donors (Lipinski definition) is 2. The number of hydrogen-bond acceptors (Lipinski definition) is 7. The molecule has 0 bridgehead atoms. The van der Waals surface area contributed by atoms with Gasteiger partial charge in [-0.05, 0) is 35.7 Å². The summed E-state index contributed by atoms with van der Waals surface area (Å²) in [4.78, 5) is 0. The Morgan fingerprint density at radius 3 is 2.08 bits per heavy atom. The van der Waals surface area contributed by atoms with Crippen molar-refractivity contribution in [1.29, 1.82) is 0 Å². The summed E-state index contributed by atoms with van der Waals surface area (Å²) in [5.41, 5.74) is 1.69. The maximum atomic E-state index is 10.7. The van der Waals surface area contributed by atoms with Crippen LogP contribution < -0.4 is 13.1 Å². The smallest absolute Gasteiger partial charge is 0.446 e. The maximum absolute atomic E-state index is 10.7. The lowest BCUT2D eigenvalue weighted by Gasteiger charge is -2.26. The van der Waals surface area contributed by atoms with Crippen molar-refractivity contribution in [1.82, 2.24) is 0 Å². The monoisotopic (exact) mass is 402 g/mol. The topological polar surface area (TPSA) is 136 Å². The predicted molar refractivity (Wildman–Crippen MR) is 89.2 cm³/mol. The lowest BCUT2D eigenvalue weighted by Crippen LogP contribution is -2.19. The molecule has 26 heavy (non-hydrogen) atoms. The van der Waals surface area contributed by atoms with Crippen molar-refractivity contribution < 1.29 is 39.0 Å². The molecule has 2 aromatic rings. The maximum Gasteiger partial charge on any atom is 0.446 e. The summed E-state index contributed by atoms with van der Waals surface area (Å²) < 4.78 is 74.6. The first-order chi connectivity index (χ1) is 12.1. The third kappa shape index (κ3) is 4.85. The molecule has 0 aromatic heterocycles. The van der Waals surface area contributed by atoms with Crippen LogP contribution in [0.1, 0.15) is 17.0 Å². The van der Waals surface area contributed by atoms with Crippen LogP contribution in [0.2, 0.25) is 0 Å². The van der Waals surface area contributed by atoms with Crippen molar-refractivity contribution in [2.75, 3.05) is 6.61 Å². The Morgan fingerprint density at radius 1 is 0.885 bits per heavy atom. The summed E-state index contributed by atoms with van der Waals surface area (Å²) in [5.74, 6) is 0.362. The molecular formula is C15H14O9S2. The van der Waals surface area contributed by atoms with Gasteiger partial charge in [0.2, 0.25) is 0 Å². The first-order valence-corrected chi connectivity index (χ1v) is 10.0. The molecule has 1 aliphatic heterocycles. The lowest BCUT2D eigenvalue weighted by molar-refractivity contribution is 0.261. The lowest BCUT2D eigenvalue weighted by atomic mass is 9.90. The van der Waals surface area contributed by atoms with Crippen LogP contribution in [0.5, 0.6) is 17.2 Å². The summed E-state index contributed by atoms with van der Waals surface area (Å²) in [5, 5.41) is 0. The Hall–Kier alpha value is -2.34. The molecule has 140 valence electrons. The molecule has 1 aliphatic rings. The molecule has 0 spiro atoms. The van der Waals surface area contributed by atoms with Gasteiger partial charge in [-0.2, -0.15) is 16.8 Å². The molecule has 0 aliphatic carbocycles. The van der Waals surface area contributed by atoms with E-state index >= 15 is 0 Å². The number of rotatable bonds is 5. The van der Waals surface area contributed by atoms with Crippen LogP contribution >= 0.6 is 0 Å². The minimum Gasteiger partial charge on any atom is -0.493 e. The van der Waals surface area contributed by atoms with E-state index in [4.69, 9.17) is 13.8 Å². The Labute approximate surface area is 150 Å². The molecule has 0 saturated heterocycles. The summed E-state index contributed by atoms with van der Waals surface area (Å²) >= 11 is 0. The van der Waals surface area contributed by atoms with Gasteiger partial charge in [0.25, 0.3) is 0 Å². The second kappa shape index (κ2) is 6.76. The van der Waals surface area contributed by atoms with Gasteiger partial charge in [-0.3, -0.25) is 9.11 Å². The van der Waals surface area contributed by atoms with Crippen LogP contribution in [0.25, 0.3) is 0 Å². The SMILES string of the molecule is O=S(=O)(O)Oc1ccc(C2COc3cc(OS(=O)(=O)O)ccc3C2)cc1. The summed E-state index contributed by atoms with van der Waals surface area (Å²) in [6.07, 6.45) is 0.597. The second-order valence-electron chi connectivity index (χ2n) is 5.57. The summed E-state index contributed by atoms with van der Waals surface area (Å²) in [6, 6.07) is 10.6. The third-order valence-corrected chi connectivity index (χ3v) is 4.51. The van der Waals surface area contributed by atoms with Crippen molar-refractivity contribution >= 4 is 20.8 Å². The van der Waals surface area contributed by atoms with Gasteiger partial charge in [-0.1, -0.05) is 18.2 Å². The number of benzene rings is 2. The van der Waals surface area contributed by atoms with Gasteiger partial charge in [0.05, 0.1) is 6.61 Å². The summed E-state index contributed by atoms with van der Waals surface area (Å²) in [7, 11) is -9.17. The van der Waals surface area contributed by atoms with Crippen molar-refractivity contribution in [3.8, 4) is 17.2 Å². The molecule has 9 nitrogen and oxygen atoms in total. The molecule has 11 heteroatoms. The molecule has 1 unspecified atom stereocenters. The Morgan fingerprint density at radius 2 is 1.46 bits per heavy atom. The van der Waals surface area contributed by atoms with Crippen molar-refractivity contribution in [2.45, 2.75) is 12.3 Å². The average molecular weight is 402 g/mol.